The van der Waals surface area contributed by atoms with Crippen LogP contribution in [0.15, 0.2) is 24.3 Å². The Bertz CT molecular complexity index is 555. The lowest BCUT2D eigenvalue weighted by atomic mass is 10.1. The Balaban J connectivity index is 1.66. The van der Waals surface area contributed by atoms with Crippen molar-refractivity contribution in [1.29, 1.82) is 0 Å². The molecule has 1 N–H and O–H groups in total. The number of halogens is 1. The number of benzene rings is 1. The Morgan fingerprint density at radius 1 is 1.32 bits per heavy atom. The van der Waals surface area contributed by atoms with E-state index >= 15 is 0 Å². The molecule has 2 aliphatic rings. The first-order valence-electron chi connectivity index (χ1n) is 7.62. The van der Waals surface area contributed by atoms with Crippen LogP contribution in [0.4, 0.5) is 5.69 Å². The summed E-state index contributed by atoms with van der Waals surface area (Å²) in [5, 5.41) is 3.52. The van der Waals surface area contributed by atoms with Gasteiger partial charge in [-0.15, -0.1) is 0 Å². The number of amides is 2. The zero-order valence-electron chi connectivity index (χ0n) is 12.3. The first-order valence-corrected chi connectivity index (χ1v) is 8.00. The minimum Gasteiger partial charge on any atom is -0.376 e. The van der Waals surface area contributed by atoms with Crippen LogP contribution in [0.5, 0.6) is 0 Å². The Hall–Kier alpha value is -1.59. The minimum absolute atomic E-state index is 0.0282. The molecule has 2 amide bonds. The van der Waals surface area contributed by atoms with Crippen LogP contribution >= 0.6 is 11.6 Å². The molecule has 0 aliphatic carbocycles. The molecule has 3 rings (SSSR count). The van der Waals surface area contributed by atoms with E-state index < -0.39 is 6.04 Å². The van der Waals surface area contributed by atoms with Crippen LogP contribution < -0.4 is 10.2 Å². The summed E-state index contributed by atoms with van der Waals surface area (Å²) < 4.78 is 5.50. The number of nitrogens with zero attached hydrogens (tertiary/aromatic N) is 1. The molecule has 0 saturated carbocycles. The average molecular weight is 323 g/mol. The van der Waals surface area contributed by atoms with Gasteiger partial charge >= 0.3 is 0 Å². The van der Waals surface area contributed by atoms with Gasteiger partial charge in [-0.3, -0.25) is 14.5 Å². The van der Waals surface area contributed by atoms with E-state index in [0.717, 1.165) is 19.4 Å². The molecule has 0 radical (unpaired) electrons. The predicted octanol–water partition coefficient (Wildman–Crippen LogP) is 2.13. The van der Waals surface area contributed by atoms with Crippen molar-refractivity contribution in [3.63, 3.8) is 0 Å². The standard InChI is InChI=1S/C16H19ClN2O3/c17-11-3-5-12(6-4-11)19-14(7-8-15(19)20)16(21)18-10-13-2-1-9-22-13/h3-6,13-14H,1-2,7-10H2,(H,18,21). The molecule has 2 heterocycles. The van der Waals surface area contributed by atoms with E-state index in [0.29, 0.717) is 30.1 Å². The molecule has 6 heteroatoms. The normalized spacial score (nSPS) is 24.8. The second-order valence-electron chi connectivity index (χ2n) is 5.67. The van der Waals surface area contributed by atoms with Crippen molar-refractivity contribution in [2.45, 2.75) is 37.8 Å². The molecule has 2 fully saturated rings. The second kappa shape index (κ2) is 6.67. The summed E-state index contributed by atoms with van der Waals surface area (Å²) in [6.45, 7) is 1.28. The van der Waals surface area contributed by atoms with Gasteiger partial charge < -0.3 is 10.1 Å². The van der Waals surface area contributed by atoms with Crippen molar-refractivity contribution in [2.24, 2.45) is 0 Å². The third-order valence-corrected chi connectivity index (χ3v) is 4.40. The zero-order valence-corrected chi connectivity index (χ0v) is 13.0. The lowest BCUT2D eigenvalue weighted by molar-refractivity contribution is -0.124. The maximum atomic E-state index is 12.4. The number of nitrogens with one attached hydrogen (secondary N) is 1. The molecule has 22 heavy (non-hydrogen) atoms. The smallest absolute Gasteiger partial charge is 0.243 e. The topological polar surface area (TPSA) is 58.6 Å². The summed E-state index contributed by atoms with van der Waals surface area (Å²) in [5.41, 5.74) is 0.712. The van der Waals surface area contributed by atoms with E-state index in [2.05, 4.69) is 5.32 Å². The number of hydrogen-bond donors (Lipinski definition) is 1. The highest BCUT2D eigenvalue weighted by atomic mass is 35.5. The zero-order chi connectivity index (χ0) is 15.5. The average Bonchev–Trinajstić information content (AvgIpc) is 3.15. The molecule has 2 unspecified atom stereocenters. The summed E-state index contributed by atoms with van der Waals surface area (Å²) in [7, 11) is 0. The molecule has 1 aromatic rings. The van der Waals surface area contributed by atoms with Gasteiger partial charge in [0.05, 0.1) is 6.10 Å². The summed E-state index contributed by atoms with van der Waals surface area (Å²) in [4.78, 5) is 26.1. The van der Waals surface area contributed by atoms with E-state index in [-0.39, 0.29) is 17.9 Å². The first-order chi connectivity index (χ1) is 10.6. The summed E-state index contributed by atoms with van der Waals surface area (Å²) in [6.07, 6.45) is 3.05. The van der Waals surface area contributed by atoms with Crippen LogP contribution in [0.3, 0.4) is 0 Å². The first kappa shape index (κ1) is 15.3. The van der Waals surface area contributed by atoms with Gasteiger partial charge in [-0.05, 0) is 43.5 Å². The minimum atomic E-state index is -0.449. The second-order valence-corrected chi connectivity index (χ2v) is 6.11. The van der Waals surface area contributed by atoms with Crippen LogP contribution in [0.1, 0.15) is 25.7 Å². The van der Waals surface area contributed by atoms with Crippen LogP contribution in [0.25, 0.3) is 0 Å². The highest BCUT2D eigenvalue weighted by Gasteiger charge is 2.37. The molecule has 118 valence electrons. The Morgan fingerprint density at radius 3 is 2.77 bits per heavy atom. The fraction of sp³-hybridized carbons (Fsp3) is 0.500. The van der Waals surface area contributed by atoms with Crippen molar-refractivity contribution >= 4 is 29.1 Å². The Morgan fingerprint density at radius 2 is 2.09 bits per heavy atom. The number of hydrogen-bond acceptors (Lipinski definition) is 3. The van der Waals surface area contributed by atoms with Gasteiger partial charge in [-0.2, -0.15) is 0 Å². The number of carbonyl (C=O) groups excluding carboxylic acids is 2. The van der Waals surface area contributed by atoms with Gasteiger partial charge in [0.25, 0.3) is 0 Å². The molecule has 0 bridgehead atoms. The SMILES string of the molecule is O=C(NCC1CCCO1)C1CCC(=O)N1c1ccc(Cl)cc1. The van der Waals surface area contributed by atoms with Gasteiger partial charge in [-0.25, -0.2) is 0 Å². The molecular formula is C16H19ClN2O3. The van der Waals surface area contributed by atoms with Crippen LogP contribution in [0, 0.1) is 0 Å². The maximum Gasteiger partial charge on any atom is 0.243 e. The van der Waals surface area contributed by atoms with E-state index in [4.69, 9.17) is 16.3 Å². The molecule has 0 aromatic heterocycles. The molecule has 0 spiro atoms. The van der Waals surface area contributed by atoms with E-state index in [1.807, 2.05) is 0 Å². The van der Waals surface area contributed by atoms with Gasteiger partial charge in [0.1, 0.15) is 6.04 Å². The largest absolute Gasteiger partial charge is 0.376 e. The van der Waals surface area contributed by atoms with Crippen LogP contribution in [0.2, 0.25) is 5.02 Å². The van der Waals surface area contributed by atoms with Crippen molar-refractivity contribution in [3.05, 3.63) is 29.3 Å². The molecule has 1 aromatic carbocycles. The third-order valence-electron chi connectivity index (χ3n) is 4.15. The van der Waals surface area contributed by atoms with E-state index in [9.17, 15) is 9.59 Å². The Kier molecular flexibility index (Phi) is 4.64. The monoisotopic (exact) mass is 322 g/mol. The number of rotatable bonds is 4. The number of carbonyl (C=O) groups is 2. The lowest BCUT2D eigenvalue weighted by Crippen LogP contribution is -2.46. The van der Waals surface area contributed by atoms with E-state index in [1.54, 1.807) is 29.2 Å². The van der Waals surface area contributed by atoms with Gasteiger partial charge in [-0.1, -0.05) is 11.6 Å². The van der Waals surface area contributed by atoms with Gasteiger partial charge in [0.15, 0.2) is 0 Å². The molecule has 2 saturated heterocycles. The number of anilines is 1. The number of ether oxygens (including phenoxy) is 1. The highest BCUT2D eigenvalue weighted by molar-refractivity contribution is 6.30. The van der Waals surface area contributed by atoms with Gasteiger partial charge in [0.2, 0.25) is 11.8 Å². The quantitative estimate of drug-likeness (QED) is 0.924. The Labute approximate surface area is 134 Å². The molecular weight excluding hydrogens is 304 g/mol. The maximum absolute atomic E-state index is 12.4. The van der Waals surface area contributed by atoms with Crippen LogP contribution in [-0.2, 0) is 14.3 Å². The molecule has 2 aliphatic heterocycles. The lowest BCUT2D eigenvalue weighted by Gasteiger charge is -2.24. The summed E-state index contributed by atoms with van der Waals surface area (Å²) >= 11 is 5.88. The molecule has 2 atom stereocenters. The molecule has 5 nitrogen and oxygen atoms in total. The van der Waals surface area contributed by atoms with E-state index in [1.165, 1.54) is 0 Å². The summed E-state index contributed by atoms with van der Waals surface area (Å²) in [5.74, 6) is -0.143. The third kappa shape index (κ3) is 3.25. The van der Waals surface area contributed by atoms with Crippen molar-refractivity contribution in [2.75, 3.05) is 18.1 Å². The summed E-state index contributed by atoms with van der Waals surface area (Å²) in [6, 6.07) is 6.54. The fourth-order valence-electron chi connectivity index (χ4n) is 3.00. The van der Waals surface area contributed by atoms with Crippen molar-refractivity contribution < 1.29 is 14.3 Å². The predicted molar refractivity (Wildman–Crippen MR) is 83.9 cm³/mol. The van der Waals surface area contributed by atoms with Crippen LogP contribution in [-0.4, -0.2) is 37.1 Å². The van der Waals surface area contributed by atoms with Crippen molar-refractivity contribution in [1.82, 2.24) is 5.32 Å². The van der Waals surface area contributed by atoms with Crippen molar-refractivity contribution in [3.8, 4) is 0 Å². The van der Waals surface area contributed by atoms with Gasteiger partial charge in [0, 0.05) is 30.3 Å². The fourth-order valence-corrected chi connectivity index (χ4v) is 3.12. The highest BCUT2D eigenvalue weighted by Crippen LogP contribution is 2.28.